The number of hydrogen-bond donors (Lipinski definition) is 1. The Bertz CT molecular complexity index is 729. The molecule has 0 radical (unpaired) electrons. The first-order valence-electron chi connectivity index (χ1n) is 8.08. The number of hydrogen-bond acceptors (Lipinski definition) is 6. The number of carbonyl (C=O) groups excluding carboxylic acids is 2. The fourth-order valence-electron chi connectivity index (χ4n) is 2.40. The van der Waals surface area contributed by atoms with Crippen LogP contribution in [0.2, 0.25) is 0 Å². The van der Waals surface area contributed by atoms with Gasteiger partial charge in [0, 0.05) is 23.1 Å². The molecule has 1 N–H and O–H groups in total. The summed E-state index contributed by atoms with van der Waals surface area (Å²) in [6, 6.07) is 9.17. The summed E-state index contributed by atoms with van der Waals surface area (Å²) in [6.45, 7) is 0.695. The van der Waals surface area contributed by atoms with Crippen LogP contribution in [0.1, 0.15) is 17.7 Å². The van der Waals surface area contributed by atoms with Crippen LogP contribution in [0.5, 0.6) is 11.5 Å². The number of amides is 1. The van der Waals surface area contributed by atoms with Crippen LogP contribution in [-0.4, -0.2) is 31.7 Å². The third-order valence-electron chi connectivity index (χ3n) is 3.57. The van der Waals surface area contributed by atoms with Crippen molar-refractivity contribution in [3.05, 3.63) is 40.6 Å². The van der Waals surface area contributed by atoms with Crippen molar-refractivity contribution >= 4 is 28.9 Å². The first-order chi connectivity index (χ1) is 12.2. The zero-order valence-corrected chi connectivity index (χ0v) is 14.5. The highest BCUT2D eigenvalue weighted by molar-refractivity contribution is 7.09. The highest BCUT2D eigenvalue weighted by Gasteiger charge is 2.13. The summed E-state index contributed by atoms with van der Waals surface area (Å²) in [4.78, 5) is 24.8. The molecule has 1 amide bonds. The smallest absolute Gasteiger partial charge is 0.306 e. The van der Waals surface area contributed by atoms with E-state index in [0.717, 1.165) is 6.42 Å². The van der Waals surface area contributed by atoms with Crippen LogP contribution < -0.4 is 14.8 Å². The Morgan fingerprint density at radius 3 is 2.80 bits per heavy atom. The monoisotopic (exact) mass is 361 g/mol. The van der Waals surface area contributed by atoms with Gasteiger partial charge in [0.1, 0.15) is 13.2 Å². The van der Waals surface area contributed by atoms with Crippen molar-refractivity contribution < 1.29 is 23.8 Å². The number of carbonyl (C=O) groups is 2. The van der Waals surface area contributed by atoms with Crippen LogP contribution in [0.3, 0.4) is 0 Å². The molecule has 0 aliphatic carbocycles. The maximum Gasteiger partial charge on any atom is 0.306 e. The van der Waals surface area contributed by atoms with Gasteiger partial charge in [-0.15, -0.1) is 11.3 Å². The van der Waals surface area contributed by atoms with Gasteiger partial charge in [0.05, 0.1) is 0 Å². The van der Waals surface area contributed by atoms with Gasteiger partial charge in [0.2, 0.25) is 0 Å². The van der Waals surface area contributed by atoms with Gasteiger partial charge in [-0.05, 0) is 36.4 Å². The van der Waals surface area contributed by atoms with E-state index < -0.39 is 0 Å². The van der Waals surface area contributed by atoms with Crippen molar-refractivity contribution in [1.82, 2.24) is 0 Å². The van der Waals surface area contributed by atoms with Crippen molar-refractivity contribution in [2.24, 2.45) is 0 Å². The summed E-state index contributed by atoms with van der Waals surface area (Å²) in [5.74, 6) is 0.494. The third kappa shape index (κ3) is 5.22. The van der Waals surface area contributed by atoms with Crippen molar-refractivity contribution in [3.63, 3.8) is 0 Å². The number of aryl methyl sites for hydroxylation is 1. The minimum absolute atomic E-state index is 0.299. The molecule has 1 aliphatic rings. The number of thiophene rings is 1. The lowest BCUT2D eigenvalue weighted by Gasteiger charge is -2.19. The molecule has 0 saturated carbocycles. The Morgan fingerprint density at radius 2 is 2.00 bits per heavy atom. The first kappa shape index (κ1) is 17.3. The van der Waals surface area contributed by atoms with Crippen molar-refractivity contribution in [2.45, 2.75) is 19.3 Å². The van der Waals surface area contributed by atoms with E-state index in [4.69, 9.17) is 14.2 Å². The summed E-state index contributed by atoms with van der Waals surface area (Å²) in [6.07, 6.45) is 1.86. The molecule has 0 unspecified atom stereocenters. The molecule has 6 nitrogen and oxygen atoms in total. The molecular formula is C18H19NO5S. The van der Waals surface area contributed by atoms with E-state index in [2.05, 4.69) is 5.32 Å². The van der Waals surface area contributed by atoms with Crippen molar-refractivity contribution in [2.75, 3.05) is 25.1 Å². The number of nitrogens with one attached hydrogen (secondary N) is 1. The summed E-state index contributed by atoms with van der Waals surface area (Å²) >= 11 is 1.67. The van der Waals surface area contributed by atoms with E-state index in [1.165, 1.54) is 4.88 Å². The molecule has 1 aromatic carbocycles. The van der Waals surface area contributed by atoms with Gasteiger partial charge in [-0.1, -0.05) is 6.07 Å². The standard InChI is InChI=1S/C18H19NO5S/c20-17(12-24-18(21)5-1-3-14-4-2-10-25-14)19-13-6-7-15-16(11-13)23-9-8-22-15/h2,4,6-7,10-11H,1,3,5,8-9,12H2,(H,19,20). The molecule has 3 rings (SSSR count). The topological polar surface area (TPSA) is 73.9 Å². The predicted octanol–water partition coefficient (Wildman–Crippen LogP) is 3.02. The largest absolute Gasteiger partial charge is 0.486 e. The molecule has 0 bridgehead atoms. The fourth-order valence-corrected chi connectivity index (χ4v) is 3.15. The Kier molecular flexibility index (Phi) is 5.90. The number of ether oxygens (including phenoxy) is 3. The SMILES string of the molecule is O=C(COC(=O)CCCc1cccs1)Nc1ccc2c(c1)OCCO2. The lowest BCUT2D eigenvalue weighted by atomic mass is 10.2. The molecule has 132 valence electrons. The maximum absolute atomic E-state index is 11.9. The van der Waals surface area contributed by atoms with E-state index in [9.17, 15) is 9.59 Å². The number of rotatable bonds is 7. The molecule has 25 heavy (non-hydrogen) atoms. The fraction of sp³-hybridized carbons (Fsp3) is 0.333. The first-order valence-corrected chi connectivity index (χ1v) is 8.96. The van der Waals surface area contributed by atoms with Crippen LogP contribution >= 0.6 is 11.3 Å². The van der Waals surface area contributed by atoms with E-state index in [1.807, 2.05) is 17.5 Å². The zero-order valence-electron chi connectivity index (χ0n) is 13.7. The second-order valence-electron chi connectivity index (χ2n) is 5.50. The summed E-state index contributed by atoms with van der Waals surface area (Å²) in [5.41, 5.74) is 0.572. The Morgan fingerprint density at radius 1 is 1.16 bits per heavy atom. The van der Waals surface area contributed by atoms with Crippen LogP contribution in [0, 0.1) is 0 Å². The summed E-state index contributed by atoms with van der Waals surface area (Å²) < 4.78 is 15.9. The number of anilines is 1. The molecule has 7 heteroatoms. The quantitative estimate of drug-likeness (QED) is 0.768. The number of benzene rings is 1. The van der Waals surface area contributed by atoms with Gasteiger partial charge in [0.15, 0.2) is 18.1 Å². The molecule has 1 aromatic heterocycles. The predicted molar refractivity (Wildman–Crippen MR) is 94.3 cm³/mol. The molecule has 1 aliphatic heterocycles. The Labute approximate surface area is 149 Å². The van der Waals surface area contributed by atoms with Crippen molar-refractivity contribution in [3.8, 4) is 11.5 Å². The Balaban J connectivity index is 1.38. The summed E-state index contributed by atoms with van der Waals surface area (Å²) in [7, 11) is 0. The van der Waals surface area contributed by atoms with Gasteiger partial charge < -0.3 is 19.5 Å². The lowest BCUT2D eigenvalue weighted by Crippen LogP contribution is -2.21. The second-order valence-corrected chi connectivity index (χ2v) is 6.53. The van der Waals surface area contributed by atoms with Gasteiger partial charge in [-0.3, -0.25) is 9.59 Å². The van der Waals surface area contributed by atoms with Crippen molar-refractivity contribution in [1.29, 1.82) is 0 Å². The van der Waals surface area contributed by atoms with E-state index in [0.29, 0.717) is 43.2 Å². The van der Waals surface area contributed by atoms with E-state index in [-0.39, 0.29) is 18.5 Å². The minimum atomic E-state index is -0.386. The highest BCUT2D eigenvalue weighted by atomic mass is 32.1. The second kappa shape index (κ2) is 8.53. The molecule has 0 fully saturated rings. The number of esters is 1. The highest BCUT2D eigenvalue weighted by Crippen LogP contribution is 2.32. The summed E-state index contributed by atoms with van der Waals surface area (Å²) in [5, 5.41) is 4.69. The normalized spacial score (nSPS) is 12.5. The van der Waals surface area contributed by atoms with E-state index >= 15 is 0 Å². The third-order valence-corrected chi connectivity index (χ3v) is 4.51. The lowest BCUT2D eigenvalue weighted by molar-refractivity contribution is -0.147. The zero-order chi connectivity index (χ0) is 17.5. The van der Waals surface area contributed by atoms with Gasteiger partial charge in [0.25, 0.3) is 5.91 Å². The average Bonchev–Trinajstić information content (AvgIpc) is 3.13. The molecule has 0 atom stereocenters. The van der Waals surface area contributed by atoms with Crippen LogP contribution in [0.15, 0.2) is 35.7 Å². The van der Waals surface area contributed by atoms with Crippen LogP contribution in [0.25, 0.3) is 0 Å². The average molecular weight is 361 g/mol. The maximum atomic E-state index is 11.9. The molecule has 2 heterocycles. The van der Waals surface area contributed by atoms with Gasteiger partial charge >= 0.3 is 5.97 Å². The molecule has 2 aromatic rings. The molecule has 0 spiro atoms. The van der Waals surface area contributed by atoms with Crippen LogP contribution in [-0.2, 0) is 20.7 Å². The van der Waals surface area contributed by atoms with E-state index in [1.54, 1.807) is 29.5 Å². The minimum Gasteiger partial charge on any atom is -0.486 e. The number of fused-ring (bicyclic) bond motifs is 1. The molecular weight excluding hydrogens is 342 g/mol. The van der Waals surface area contributed by atoms with Gasteiger partial charge in [-0.2, -0.15) is 0 Å². The van der Waals surface area contributed by atoms with Gasteiger partial charge in [-0.25, -0.2) is 0 Å². The van der Waals surface area contributed by atoms with Crippen LogP contribution in [0.4, 0.5) is 5.69 Å². The molecule has 0 saturated heterocycles. The Hall–Kier alpha value is -2.54.